The van der Waals surface area contributed by atoms with Gasteiger partial charge in [-0.25, -0.2) is 0 Å². The number of halogens is 3. The predicted molar refractivity (Wildman–Crippen MR) is 54.3 cm³/mol. The van der Waals surface area contributed by atoms with Crippen LogP contribution in [0.3, 0.4) is 0 Å². The fourth-order valence-corrected chi connectivity index (χ4v) is 1.39. The van der Waals surface area contributed by atoms with Gasteiger partial charge in [-0.1, -0.05) is 6.07 Å². The van der Waals surface area contributed by atoms with E-state index in [9.17, 15) is 13.2 Å². The Morgan fingerprint density at radius 1 is 1.31 bits per heavy atom. The lowest BCUT2D eigenvalue weighted by Gasteiger charge is -2.10. The molecule has 1 saturated carbocycles. The Bertz CT molecular complexity index is 360. The molecule has 2 rings (SSSR count). The molecule has 1 fully saturated rings. The summed E-state index contributed by atoms with van der Waals surface area (Å²) in [7, 11) is 0. The van der Waals surface area contributed by atoms with E-state index in [1.54, 1.807) is 6.07 Å². The summed E-state index contributed by atoms with van der Waals surface area (Å²) in [4.78, 5) is 0. The van der Waals surface area contributed by atoms with Crippen LogP contribution in [0.2, 0.25) is 0 Å². The van der Waals surface area contributed by atoms with E-state index in [1.165, 1.54) is 31.0 Å². The van der Waals surface area contributed by atoms with E-state index in [2.05, 4.69) is 10.1 Å². The van der Waals surface area contributed by atoms with E-state index in [-0.39, 0.29) is 5.75 Å². The maximum Gasteiger partial charge on any atom is 0.573 e. The van der Waals surface area contributed by atoms with Crippen LogP contribution in [0.5, 0.6) is 5.75 Å². The first-order valence-electron chi connectivity index (χ1n) is 5.12. The van der Waals surface area contributed by atoms with Crippen molar-refractivity contribution in [3.05, 3.63) is 24.3 Å². The number of alkyl halides is 3. The number of anilines is 1. The summed E-state index contributed by atoms with van der Waals surface area (Å²) in [6, 6.07) is 5.91. The van der Waals surface area contributed by atoms with Gasteiger partial charge in [0.2, 0.25) is 0 Å². The Balaban J connectivity index is 1.95. The highest BCUT2D eigenvalue weighted by molar-refractivity contribution is 5.48. The van der Waals surface area contributed by atoms with Crippen LogP contribution in [0.15, 0.2) is 24.3 Å². The normalized spacial score (nSPS) is 15.9. The number of hydrogen-bond donors (Lipinski definition) is 1. The largest absolute Gasteiger partial charge is 0.573 e. The second-order valence-electron chi connectivity index (χ2n) is 3.90. The number of benzene rings is 1. The monoisotopic (exact) mass is 231 g/mol. The zero-order valence-electron chi connectivity index (χ0n) is 8.55. The molecule has 0 spiro atoms. The molecule has 0 heterocycles. The summed E-state index contributed by atoms with van der Waals surface area (Å²) < 4.78 is 39.7. The van der Waals surface area contributed by atoms with E-state index in [0.29, 0.717) is 11.6 Å². The first kappa shape index (κ1) is 11.1. The second kappa shape index (κ2) is 4.23. The van der Waals surface area contributed by atoms with E-state index in [4.69, 9.17) is 0 Å². The molecule has 0 amide bonds. The summed E-state index contributed by atoms with van der Waals surface area (Å²) >= 11 is 0. The molecular formula is C11H12F3NO. The summed E-state index contributed by atoms with van der Waals surface area (Å²) in [5.74, 6) is 0.487. The minimum absolute atomic E-state index is 0.187. The number of nitrogens with one attached hydrogen (secondary N) is 1. The van der Waals surface area contributed by atoms with E-state index < -0.39 is 6.36 Å². The third-order valence-corrected chi connectivity index (χ3v) is 2.36. The predicted octanol–water partition coefficient (Wildman–Crippen LogP) is 3.41. The first-order valence-corrected chi connectivity index (χ1v) is 5.12. The van der Waals surface area contributed by atoms with Crippen molar-refractivity contribution in [1.29, 1.82) is 0 Å². The van der Waals surface area contributed by atoms with E-state index in [0.717, 1.165) is 6.54 Å². The second-order valence-corrected chi connectivity index (χ2v) is 3.90. The molecule has 0 unspecified atom stereocenters. The maximum absolute atomic E-state index is 12.0. The van der Waals surface area contributed by atoms with E-state index in [1.807, 2.05) is 0 Å². The first-order chi connectivity index (χ1) is 7.53. The standard InChI is InChI=1S/C11H12F3NO/c12-11(13,14)16-10-3-1-2-9(6-10)15-7-8-4-5-8/h1-3,6,8,15H,4-5,7H2. The molecule has 1 aliphatic rings. The van der Waals surface area contributed by atoms with Crippen LogP contribution in [0.1, 0.15) is 12.8 Å². The minimum atomic E-state index is -4.63. The molecule has 0 aromatic heterocycles. The third-order valence-electron chi connectivity index (χ3n) is 2.36. The number of ether oxygens (including phenoxy) is 1. The quantitative estimate of drug-likeness (QED) is 0.857. The van der Waals surface area contributed by atoms with Gasteiger partial charge in [0.25, 0.3) is 0 Å². The molecule has 0 atom stereocenters. The molecule has 0 saturated heterocycles. The lowest BCUT2D eigenvalue weighted by molar-refractivity contribution is -0.274. The van der Waals surface area contributed by atoms with Gasteiger partial charge >= 0.3 is 6.36 Å². The van der Waals surface area contributed by atoms with Gasteiger partial charge in [0, 0.05) is 18.3 Å². The molecular weight excluding hydrogens is 219 g/mol. The lowest BCUT2D eigenvalue weighted by Crippen LogP contribution is -2.17. The zero-order valence-corrected chi connectivity index (χ0v) is 8.55. The van der Waals surface area contributed by atoms with Crippen molar-refractivity contribution in [2.45, 2.75) is 19.2 Å². The average Bonchev–Trinajstić information content (AvgIpc) is 2.96. The smallest absolute Gasteiger partial charge is 0.406 e. The van der Waals surface area contributed by atoms with Gasteiger partial charge in [-0.05, 0) is 30.9 Å². The van der Waals surface area contributed by atoms with Crippen LogP contribution in [-0.4, -0.2) is 12.9 Å². The summed E-state index contributed by atoms with van der Waals surface area (Å²) in [5.41, 5.74) is 0.661. The maximum atomic E-state index is 12.0. The van der Waals surface area contributed by atoms with Crippen LogP contribution in [0.4, 0.5) is 18.9 Å². The zero-order chi connectivity index (χ0) is 11.6. The summed E-state index contributed by atoms with van der Waals surface area (Å²) in [6.45, 7) is 0.815. The Morgan fingerprint density at radius 2 is 2.06 bits per heavy atom. The summed E-state index contributed by atoms with van der Waals surface area (Å²) in [5, 5.41) is 3.09. The lowest BCUT2D eigenvalue weighted by atomic mass is 10.3. The van der Waals surface area contributed by atoms with Gasteiger partial charge in [0.15, 0.2) is 0 Å². The van der Waals surface area contributed by atoms with Crippen LogP contribution in [0, 0.1) is 5.92 Å². The van der Waals surface area contributed by atoms with Crippen LogP contribution >= 0.6 is 0 Å². The van der Waals surface area contributed by atoms with Gasteiger partial charge in [-0.15, -0.1) is 13.2 Å². The van der Waals surface area contributed by atoms with Gasteiger partial charge in [0.05, 0.1) is 0 Å². The highest BCUT2D eigenvalue weighted by Gasteiger charge is 2.31. The average molecular weight is 231 g/mol. The van der Waals surface area contributed by atoms with Crippen molar-refractivity contribution in [1.82, 2.24) is 0 Å². The minimum Gasteiger partial charge on any atom is -0.406 e. The highest BCUT2D eigenvalue weighted by Crippen LogP contribution is 2.30. The van der Waals surface area contributed by atoms with Gasteiger partial charge in [0.1, 0.15) is 5.75 Å². The Labute approximate surface area is 91.4 Å². The third kappa shape index (κ3) is 3.64. The molecule has 0 bridgehead atoms. The molecule has 1 aliphatic carbocycles. The molecule has 1 aromatic carbocycles. The van der Waals surface area contributed by atoms with Crippen LogP contribution in [-0.2, 0) is 0 Å². The molecule has 88 valence electrons. The van der Waals surface area contributed by atoms with Gasteiger partial charge in [-0.3, -0.25) is 0 Å². The Kier molecular flexibility index (Phi) is 2.94. The topological polar surface area (TPSA) is 21.3 Å². The van der Waals surface area contributed by atoms with Crippen molar-refractivity contribution < 1.29 is 17.9 Å². The van der Waals surface area contributed by atoms with Crippen molar-refractivity contribution in [3.63, 3.8) is 0 Å². The fraction of sp³-hybridized carbons (Fsp3) is 0.455. The summed E-state index contributed by atoms with van der Waals surface area (Å²) in [6.07, 6.45) is -2.23. The molecule has 0 radical (unpaired) electrons. The van der Waals surface area contributed by atoms with Gasteiger partial charge in [-0.2, -0.15) is 0 Å². The SMILES string of the molecule is FC(F)(F)Oc1cccc(NCC2CC2)c1. The molecule has 1 aromatic rings. The van der Waals surface area contributed by atoms with Crippen molar-refractivity contribution in [2.24, 2.45) is 5.92 Å². The van der Waals surface area contributed by atoms with E-state index >= 15 is 0 Å². The Hall–Kier alpha value is -1.39. The fourth-order valence-electron chi connectivity index (χ4n) is 1.39. The number of rotatable bonds is 4. The molecule has 5 heteroatoms. The van der Waals surface area contributed by atoms with Gasteiger partial charge < -0.3 is 10.1 Å². The van der Waals surface area contributed by atoms with Crippen molar-refractivity contribution in [2.75, 3.05) is 11.9 Å². The Morgan fingerprint density at radius 3 is 2.69 bits per heavy atom. The van der Waals surface area contributed by atoms with Crippen LogP contribution < -0.4 is 10.1 Å². The van der Waals surface area contributed by atoms with Crippen molar-refractivity contribution >= 4 is 5.69 Å². The van der Waals surface area contributed by atoms with Crippen LogP contribution in [0.25, 0.3) is 0 Å². The number of hydrogen-bond acceptors (Lipinski definition) is 2. The van der Waals surface area contributed by atoms with Crippen molar-refractivity contribution in [3.8, 4) is 5.75 Å². The molecule has 2 nitrogen and oxygen atoms in total. The molecule has 1 N–H and O–H groups in total. The highest BCUT2D eigenvalue weighted by atomic mass is 19.4. The molecule has 0 aliphatic heterocycles. The molecule has 16 heavy (non-hydrogen) atoms.